The minimum atomic E-state index is -0.00808. The number of H-pyrrole nitrogens is 1. The Morgan fingerprint density at radius 2 is 1.86 bits per heavy atom. The van der Waals surface area contributed by atoms with E-state index in [0.717, 1.165) is 29.8 Å². The Bertz CT molecular complexity index is 562. The molecule has 2 aromatic heterocycles. The molecule has 0 fully saturated rings. The van der Waals surface area contributed by atoms with E-state index in [-0.39, 0.29) is 6.04 Å². The molecule has 2 heterocycles. The summed E-state index contributed by atoms with van der Waals surface area (Å²) in [7, 11) is 0. The maximum absolute atomic E-state index is 5.88. The average Bonchev–Trinajstić information content (AvgIpc) is 2.93. The van der Waals surface area contributed by atoms with Crippen molar-refractivity contribution in [1.29, 1.82) is 0 Å². The van der Waals surface area contributed by atoms with Gasteiger partial charge in [-0.1, -0.05) is 45.4 Å². The van der Waals surface area contributed by atoms with Crippen LogP contribution >= 0.6 is 0 Å². The Kier molecular flexibility index (Phi) is 6.72. The molecule has 2 aromatic rings. The van der Waals surface area contributed by atoms with Crippen molar-refractivity contribution in [2.75, 3.05) is 6.61 Å². The fraction of sp³-hybridized carbons (Fsp3) is 0.611. The van der Waals surface area contributed by atoms with Crippen molar-refractivity contribution < 1.29 is 4.74 Å². The maximum atomic E-state index is 5.88. The molecule has 3 N–H and O–H groups in total. The van der Waals surface area contributed by atoms with Gasteiger partial charge in [0, 0.05) is 17.8 Å². The van der Waals surface area contributed by atoms with Gasteiger partial charge >= 0.3 is 0 Å². The third-order valence-electron chi connectivity index (χ3n) is 3.96. The molecule has 4 nitrogen and oxygen atoms in total. The molecule has 0 saturated heterocycles. The van der Waals surface area contributed by atoms with E-state index in [1.165, 1.54) is 38.5 Å². The Labute approximate surface area is 133 Å². The molecule has 0 aliphatic rings. The predicted octanol–water partition coefficient (Wildman–Crippen LogP) is 4.71. The zero-order chi connectivity index (χ0) is 15.8. The van der Waals surface area contributed by atoms with Crippen LogP contribution in [-0.2, 0) is 0 Å². The van der Waals surface area contributed by atoms with E-state index in [9.17, 15) is 0 Å². The Morgan fingerprint density at radius 1 is 1.14 bits per heavy atom. The van der Waals surface area contributed by atoms with Gasteiger partial charge in [0.25, 0.3) is 0 Å². The third-order valence-corrected chi connectivity index (χ3v) is 3.96. The summed E-state index contributed by atoms with van der Waals surface area (Å²) in [6.45, 7) is 4.96. The van der Waals surface area contributed by atoms with Gasteiger partial charge in [-0.2, -0.15) is 0 Å². The first-order valence-electron chi connectivity index (χ1n) is 8.58. The van der Waals surface area contributed by atoms with Crippen LogP contribution in [0.25, 0.3) is 11.0 Å². The van der Waals surface area contributed by atoms with Crippen LogP contribution in [-0.4, -0.2) is 16.6 Å². The SMILES string of the molecule is CCCCCCCCCOc1ccc2[nH]c(C(C)N)cc2n1. The summed E-state index contributed by atoms with van der Waals surface area (Å²) in [5.74, 6) is 0.703. The summed E-state index contributed by atoms with van der Waals surface area (Å²) in [6.07, 6.45) is 9.04. The summed E-state index contributed by atoms with van der Waals surface area (Å²) in [5.41, 5.74) is 8.82. The van der Waals surface area contributed by atoms with Gasteiger partial charge in [-0.3, -0.25) is 0 Å². The van der Waals surface area contributed by atoms with Crippen molar-refractivity contribution in [3.05, 3.63) is 23.9 Å². The Morgan fingerprint density at radius 3 is 2.59 bits per heavy atom. The molecular formula is C18H29N3O. The van der Waals surface area contributed by atoms with Crippen LogP contribution in [0.4, 0.5) is 0 Å². The third kappa shape index (κ3) is 5.02. The van der Waals surface area contributed by atoms with Gasteiger partial charge in [0.2, 0.25) is 5.88 Å². The molecule has 22 heavy (non-hydrogen) atoms. The van der Waals surface area contributed by atoms with Gasteiger partial charge in [-0.25, -0.2) is 4.98 Å². The minimum absolute atomic E-state index is 0.00808. The lowest BCUT2D eigenvalue weighted by Crippen LogP contribution is -2.04. The van der Waals surface area contributed by atoms with Crippen molar-refractivity contribution in [1.82, 2.24) is 9.97 Å². The highest BCUT2D eigenvalue weighted by Gasteiger charge is 2.06. The second kappa shape index (κ2) is 8.79. The van der Waals surface area contributed by atoms with Crippen LogP contribution in [0.15, 0.2) is 18.2 Å². The molecular weight excluding hydrogens is 274 g/mol. The van der Waals surface area contributed by atoms with E-state index in [2.05, 4.69) is 16.9 Å². The number of hydrogen-bond acceptors (Lipinski definition) is 3. The molecule has 0 radical (unpaired) electrons. The molecule has 0 amide bonds. The Hall–Kier alpha value is -1.55. The molecule has 1 unspecified atom stereocenters. The molecule has 0 aliphatic heterocycles. The van der Waals surface area contributed by atoms with Crippen LogP contribution < -0.4 is 10.5 Å². The highest BCUT2D eigenvalue weighted by Crippen LogP contribution is 2.20. The average molecular weight is 303 g/mol. The number of ether oxygens (including phenoxy) is 1. The van der Waals surface area contributed by atoms with E-state index >= 15 is 0 Å². The minimum Gasteiger partial charge on any atom is -0.478 e. The smallest absolute Gasteiger partial charge is 0.213 e. The first kappa shape index (κ1) is 16.8. The van der Waals surface area contributed by atoms with Gasteiger partial charge in [0.15, 0.2) is 0 Å². The van der Waals surface area contributed by atoms with E-state index in [1.807, 2.05) is 25.1 Å². The normalized spacial score (nSPS) is 12.7. The number of nitrogens with zero attached hydrogens (tertiary/aromatic N) is 1. The first-order valence-corrected chi connectivity index (χ1v) is 8.58. The van der Waals surface area contributed by atoms with Crippen molar-refractivity contribution in [3.63, 3.8) is 0 Å². The van der Waals surface area contributed by atoms with Gasteiger partial charge < -0.3 is 15.5 Å². The van der Waals surface area contributed by atoms with Crippen LogP contribution in [0.5, 0.6) is 5.88 Å². The molecule has 0 spiro atoms. The molecule has 4 heteroatoms. The van der Waals surface area contributed by atoms with E-state index in [4.69, 9.17) is 10.5 Å². The lowest BCUT2D eigenvalue weighted by atomic mass is 10.1. The van der Waals surface area contributed by atoms with E-state index in [1.54, 1.807) is 0 Å². The summed E-state index contributed by atoms with van der Waals surface area (Å²) >= 11 is 0. The van der Waals surface area contributed by atoms with Gasteiger partial charge in [-0.15, -0.1) is 0 Å². The van der Waals surface area contributed by atoms with Gasteiger partial charge in [-0.05, 0) is 25.5 Å². The lowest BCUT2D eigenvalue weighted by Gasteiger charge is -2.05. The number of nitrogens with two attached hydrogens (primary N) is 1. The molecule has 0 aliphatic carbocycles. The number of aromatic amines is 1. The van der Waals surface area contributed by atoms with Crippen LogP contribution in [0, 0.1) is 0 Å². The number of unbranched alkanes of at least 4 members (excludes halogenated alkanes) is 6. The quantitative estimate of drug-likeness (QED) is 0.625. The van der Waals surface area contributed by atoms with E-state index in [0.29, 0.717) is 5.88 Å². The monoisotopic (exact) mass is 303 g/mol. The first-order chi connectivity index (χ1) is 10.7. The number of fused-ring (bicyclic) bond motifs is 1. The van der Waals surface area contributed by atoms with Crippen molar-refractivity contribution >= 4 is 11.0 Å². The van der Waals surface area contributed by atoms with Crippen LogP contribution in [0.3, 0.4) is 0 Å². The summed E-state index contributed by atoms with van der Waals surface area (Å²) in [4.78, 5) is 7.81. The second-order valence-corrected chi connectivity index (χ2v) is 6.07. The summed E-state index contributed by atoms with van der Waals surface area (Å²) in [5, 5.41) is 0. The fourth-order valence-electron chi connectivity index (χ4n) is 2.57. The predicted molar refractivity (Wildman–Crippen MR) is 92.2 cm³/mol. The summed E-state index contributed by atoms with van der Waals surface area (Å²) < 4.78 is 5.76. The van der Waals surface area contributed by atoms with Gasteiger partial charge in [0.1, 0.15) is 0 Å². The maximum Gasteiger partial charge on any atom is 0.213 e. The highest BCUT2D eigenvalue weighted by atomic mass is 16.5. The number of rotatable bonds is 10. The zero-order valence-corrected chi connectivity index (χ0v) is 13.9. The highest BCUT2D eigenvalue weighted by molar-refractivity contribution is 5.76. The molecule has 0 aromatic carbocycles. The molecule has 0 saturated carbocycles. The van der Waals surface area contributed by atoms with E-state index < -0.39 is 0 Å². The van der Waals surface area contributed by atoms with Crippen molar-refractivity contribution in [3.8, 4) is 5.88 Å². The number of pyridine rings is 1. The topological polar surface area (TPSA) is 63.9 Å². The number of aromatic nitrogens is 2. The van der Waals surface area contributed by atoms with Crippen molar-refractivity contribution in [2.24, 2.45) is 5.73 Å². The van der Waals surface area contributed by atoms with Crippen LogP contribution in [0.1, 0.15) is 70.5 Å². The number of hydrogen-bond donors (Lipinski definition) is 2. The molecule has 2 rings (SSSR count). The second-order valence-electron chi connectivity index (χ2n) is 6.07. The summed E-state index contributed by atoms with van der Waals surface area (Å²) in [6, 6.07) is 5.92. The Balaban J connectivity index is 1.73. The fourth-order valence-corrected chi connectivity index (χ4v) is 2.57. The molecule has 0 bridgehead atoms. The van der Waals surface area contributed by atoms with Gasteiger partial charge in [0.05, 0.1) is 17.6 Å². The molecule has 1 atom stereocenters. The zero-order valence-electron chi connectivity index (χ0n) is 13.9. The largest absolute Gasteiger partial charge is 0.478 e. The lowest BCUT2D eigenvalue weighted by molar-refractivity contribution is 0.294. The van der Waals surface area contributed by atoms with Crippen LogP contribution in [0.2, 0.25) is 0 Å². The number of nitrogens with one attached hydrogen (secondary N) is 1. The molecule has 122 valence electrons. The standard InChI is InChI=1S/C18H29N3O/c1-3-4-5-6-7-8-9-12-22-18-11-10-15-17(21-18)13-16(20-15)14(2)19/h10-11,13-14,20H,3-9,12,19H2,1-2H3. The van der Waals surface area contributed by atoms with Crippen molar-refractivity contribution in [2.45, 2.75) is 64.8 Å².